The van der Waals surface area contributed by atoms with Gasteiger partial charge in [0, 0.05) is 31.4 Å². The molecule has 2 aromatic heterocycles. The summed E-state index contributed by atoms with van der Waals surface area (Å²) in [6.07, 6.45) is 4.83. The van der Waals surface area contributed by atoms with E-state index in [0.717, 1.165) is 37.4 Å². The van der Waals surface area contributed by atoms with Crippen LogP contribution in [0.15, 0.2) is 54.9 Å². The van der Waals surface area contributed by atoms with Crippen molar-refractivity contribution >= 4 is 0 Å². The van der Waals surface area contributed by atoms with Crippen molar-refractivity contribution < 1.29 is 9.13 Å². The fraction of sp³-hybridized carbons (Fsp3) is 0.300. The van der Waals surface area contributed by atoms with Gasteiger partial charge in [0.1, 0.15) is 18.2 Å². The lowest BCUT2D eigenvalue weighted by atomic mass is 10.1. The first-order valence-corrected chi connectivity index (χ1v) is 8.80. The fourth-order valence-electron chi connectivity index (χ4n) is 3.32. The zero-order chi connectivity index (χ0) is 17.8. The average molecular weight is 352 g/mol. The maximum atomic E-state index is 12.9. The molecule has 26 heavy (non-hydrogen) atoms. The number of hydrogen-bond acceptors (Lipinski definition) is 4. The molecule has 3 aromatic rings. The van der Waals surface area contributed by atoms with E-state index in [1.54, 1.807) is 18.3 Å². The highest BCUT2D eigenvalue weighted by atomic mass is 19.1. The first-order chi connectivity index (χ1) is 12.8. The normalized spacial score (nSPS) is 17.5. The van der Waals surface area contributed by atoms with Crippen LogP contribution >= 0.6 is 0 Å². The molecule has 5 nitrogen and oxygen atoms in total. The summed E-state index contributed by atoms with van der Waals surface area (Å²) in [7, 11) is 0. The number of aromatic nitrogens is 3. The molecule has 0 unspecified atom stereocenters. The maximum absolute atomic E-state index is 12.9. The number of ether oxygens (including phenoxy) is 1. The highest BCUT2D eigenvalue weighted by molar-refractivity contribution is 5.23. The van der Waals surface area contributed by atoms with Gasteiger partial charge >= 0.3 is 0 Å². The number of halogens is 1. The minimum Gasteiger partial charge on any atom is -0.487 e. The van der Waals surface area contributed by atoms with Crippen LogP contribution in [0.4, 0.5) is 4.39 Å². The number of nitrogens with one attached hydrogen (secondary N) is 1. The van der Waals surface area contributed by atoms with Crippen molar-refractivity contribution in [3.05, 3.63) is 77.6 Å². The van der Waals surface area contributed by atoms with Crippen molar-refractivity contribution in [2.75, 3.05) is 13.1 Å². The van der Waals surface area contributed by atoms with Crippen molar-refractivity contribution in [3.63, 3.8) is 0 Å². The smallest absolute Gasteiger partial charge is 0.130 e. The molecule has 0 amide bonds. The third-order valence-electron chi connectivity index (χ3n) is 4.68. The fourth-order valence-corrected chi connectivity index (χ4v) is 3.32. The first kappa shape index (κ1) is 16.7. The lowest BCUT2D eigenvalue weighted by Gasteiger charge is -2.15. The van der Waals surface area contributed by atoms with Crippen molar-refractivity contribution in [3.8, 4) is 5.75 Å². The van der Waals surface area contributed by atoms with Crippen LogP contribution in [0.2, 0.25) is 0 Å². The number of rotatable bonds is 6. The second kappa shape index (κ2) is 7.66. The molecule has 3 heterocycles. The number of benzene rings is 1. The van der Waals surface area contributed by atoms with Crippen LogP contribution in [0.25, 0.3) is 0 Å². The molecule has 1 saturated heterocycles. The molecule has 0 aliphatic carbocycles. The van der Waals surface area contributed by atoms with Gasteiger partial charge in [-0.25, -0.2) is 4.39 Å². The minimum absolute atomic E-state index is 0.266. The van der Waals surface area contributed by atoms with Crippen LogP contribution in [0.3, 0.4) is 0 Å². The molecule has 1 atom stereocenters. The van der Waals surface area contributed by atoms with E-state index in [9.17, 15) is 4.39 Å². The molecule has 1 aliphatic rings. The molecule has 134 valence electrons. The summed E-state index contributed by atoms with van der Waals surface area (Å²) in [5.41, 5.74) is 3.25. The summed E-state index contributed by atoms with van der Waals surface area (Å²) in [6.45, 7) is 3.38. The van der Waals surface area contributed by atoms with Crippen LogP contribution in [0.5, 0.6) is 5.75 Å². The summed E-state index contributed by atoms with van der Waals surface area (Å²) in [5.74, 6) is 0.812. The van der Waals surface area contributed by atoms with Crippen molar-refractivity contribution in [2.45, 2.75) is 25.5 Å². The predicted octanol–water partition coefficient (Wildman–Crippen LogP) is 3.51. The SMILES string of the molecule is Fc1ccc(OCc2cc([C@H]3CCN(Cc4cccnc4)C3)n[nH]2)cc1. The van der Waals surface area contributed by atoms with Crippen LogP contribution in [-0.4, -0.2) is 33.2 Å². The van der Waals surface area contributed by atoms with E-state index >= 15 is 0 Å². The number of pyridine rings is 1. The van der Waals surface area contributed by atoms with Crippen molar-refractivity contribution in [2.24, 2.45) is 0 Å². The van der Waals surface area contributed by atoms with Gasteiger partial charge in [-0.2, -0.15) is 5.10 Å². The number of H-pyrrole nitrogens is 1. The third-order valence-corrected chi connectivity index (χ3v) is 4.68. The molecule has 0 spiro atoms. The lowest BCUT2D eigenvalue weighted by molar-refractivity contribution is 0.300. The van der Waals surface area contributed by atoms with Crippen molar-refractivity contribution in [1.29, 1.82) is 0 Å². The van der Waals surface area contributed by atoms with Gasteiger partial charge in [-0.3, -0.25) is 15.0 Å². The second-order valence-electron chi connectivity index (χ2n) is 6.64. The zero-order valence-electron chi connectivity index (χ0n) is 14.4. The number of nitrogens with zero attached hydrogens (tertiary/aromatic N) is 3. The molecule has 1 N–H and O–H groups in total. The topological polar surface area (TPSA) is 54.0 Å². The number of likely N-dealkylation sites (tertiary alicyclic amines) is 1. The van der Waals surface area contributed by atoms with Gasteiger partial charge in [-0.05, 0) is 54.9 Å². The van der Waals surface area contributed by atoms with Gasteiger partial charge < -0.3 is 4.74 Å². The maximum Gasteiger partial charge on any atom is 0.130 e. The van der Waals surface area contributed by atoms with Gasteiger partial charge in [-0.15, -0.1) is 0 Å². The molecular formula is C20H21FN4O. The Morgan fingerprint density at radius 1 is 1.23 bits per heavy atom. The highest BCUT2D eigenvalue weighted by Crippen LogP contribution is 2.27. The predicted molar refractivity (Wildman–Crippen MR) is 96.2 cm³/mol. The van der Waals surface area contributed by atoms with Crippen LogP contribution < -0.4 is 4.74 Å². The number of hydrogen-bond donors (Lipinski definition) is 1. The van der Waals surface area contributed by atoms with Crippen molar-refractivity contribution in [1.82, 2.24) is 20.1 Å². The summed E-state index contributed by atoms with van der Waals surface area (Å²) < 4.78 is 18.6. The molecule has 0 saturated carbocycles. The monoisotopic (exact) mass is 352 g/mol. The quantitative estimate of drug-likeness (QED) is 0.738. The van der Waals surface area contributed by atoms with Gasteiger partial charge in [0.2, 0.25) is 0 Å². The van der Waals surface area contributed by atoms with Gasteiger partial charge in [0.05, 0.1) is 11.4 Å². The standard InChI is InChI=1S/C20H21FN4O/c21-17-3-5-19(6-4-17)26-14-18-10-20(24-23-18)16-7-9-25(13-16)12-15-2-1-8-22-11-15/h1-6,8,10-11,16H,7,9,12-14H2,(H,23,24)/t16-/m0/s1. The molecule has 0 bridgehead atoms. The highest BCUT2D eigenvalue weighted by Gasteiger charge is 2.25. The summed E-state index contributed by atoms with van der Waals surface area (Å²) in [4.78, 5) is 6.61. The minimum atomic E-state index is -0.266. The molecule has 1 aromatic carbocycles. The lowest BCUT2D eigenvalue weighted by Crippen LogP contribution is -2.19. The molecule has 1 aliphatic heterocycles. The van der Waals surface area contributed by atoms with E-state index in [0.29, 0.717) is 18.3 Å². The Labute approximate surface area is 151 Å². The Morgan fingerprint density at radius 2 is 2.12 bits per heavy atom. The van der Waals surface area contributed by atoms with Crippen LogP contribution in [0, 0.1) is 5.82 Å². The molecule has 4 rings (SSSR count). The van der Waals surface area contributed by atoms with Gasteiger partial charge in [0.15, 0.2) is 0 Å². The van der Waals surface area contributed by atoms with Crippen LogP contribution in [-0.2, 0) is 13.2 Å². The Kier molecular flexibility index (Phi) is 4.93. The van der Waals surface area contributed by atoms with E-state index < -0.39 is 0 Å². The third kappa shape index (κ3) is 4.08. The van der Waals surface area contributed by atoms with E-state index in [1.807, 2.05) is 12.3 Å². The largest absolute Gasteiger partial charge is 0.487 e. The van der Waals surface area contributed by atoms with E-state index in [4.69, 9.17) is 4.74 Å². The Hall–Kier alpha value is -2.73. The second-order valence-corrected chi connectivity index (χ2v) is 6.64. The van der Waals surface area contributed by atoms with E-state index in [-0.39, 0.29) is 5.82 Å². The first-order valence-electron chi connectivity index (χ1n) is 8.80. The average Bonchev–Trinajstić information content (AvgIpc) is 3.31. The summed E-state index contributed by atoms with van der Waals surface area (Å²) in [5, 5.41) is 7.51. The van der Waals surface area contributed by atoms with E-state index in [1.165, 1.54) is 17.7 Å². The summed E-state index contributed by atoms with van der Waals surface area (Å²) >= 11 is 0. The number of aromatic amines is 1. The molecule has 6 heteroatoms. The molecule has 0 radical (unpaired) electrons. The Bertz CT molecular complexity index is 835. The molecule has 1 fully saturated rings. The Balaban J connectivity index is 1.31. The zero-order valence-corrected chi connectivity index (χ0v) is 14.4. The van der Waals surface area contributed by atoms with Gasteiger partial charge in [0.25, 0.3) is 0 Å². The molecular weight excluding hydrogens is 331 g/mol. The van der Waals surface area contributed by atoms with Gasteiger partial charge in [-0.1, -0.05) is 6.07 Å². The van der Waals surface area contributed by atoms with E-state index in [2.05, 4.69) is 32.2 Å². The van der Waals surface area contributed by atoms with Crippen LogP contribution in [0.1, 0.15) is 29.3 Å². The Morgan fingerprint density at radius 3 is 2.92 bits per heavy atom. The summed E-state index contributed by atoms with van der Waals surface area (Å²) in [6, 6.07) is 12.2.